The fourth-order valence-corrected chi connectivity index (χ4v) is 1.14. The molecule has 0 bridgehead atoms. The maximum absolute atomic E-state index is 3.38. The SMILES string of the molecule is CCN[C@H](C)CC(C)C. The van der Waals surface area contributed by atoms with Crippen LogP contribution in [0.3, 0.4) is 0 Å². The van der Waals surface area contributed by atoms with Crippen LogP contribution in [0.15, 0.2) is 0 Å². The van der Waals surface area contributed by atoms with E-state index in [0.717, 1.165) is 12.5 Å². The lowest BCUT2D eigenvalue weighted by Gasteiger charge is -2.13. The van der Waals surface area contributed by atoms with Gasteiger partial charge in [0.1, 0.15) is 0 Å². The van der Waals surface area contributed by atoms with E-state index in [9.17, 15) is 0 Å². The standard InChI is InChI=1S/C8H19N/c1-5-9-8(4)6-7(2)3/h7-9H,5-6H2,1-4H3/t8-/m1/s1. The van der Waals surface area contributed by atoms with Crippen molar-refractivity contribution < 1.29 is 0 Å². The highest BCUT2D eigenvalue weighted by atomic mass is 14.9. The van der Waals surface area contributed by atoms with Crippen molar-refractivity contribution in [2.45, 2.75) is 40.2 Å². The van der Waals surface area contributed by atoms with Gasteiger partial charge in [0.15, 0.2) is 0 Å². The van der Waals surface area contributed by atoms with E-state index in [0.29, 0.717) is 6.04 Å². The number of nitrogens with one attached hydrogen (secondary N) is 1. The smallest absolute Gasteiger partial charge is 0.00410 e. The molecule has 1 nitrogen and oxygen atoms in total. The molecule has 1 heteroatoms. The van der Waals surface area contributed by atoms with Gasteiger partial charge < -0.3 is 5.32 Å². The second-order valence-electron chi connectivity index (χ2n) is 3.09. The molecule has 0 saturated heterocycles. The Kier molecular flexibility index (Phi) is 4.78. The van der Waals surface area contributed by atoms with Crippen LogP contribution in [-0.4, -0.2) is 12.6 Å². The third kappa shape index (κ3) is 5.84. The molecule has 0 unspecified atom stereocenters. The Balaban J connectivity index is 3.15. The molecule has 0 spiro atoms. The molecule has 0 rings (SSSR count). The zero-order chi connectivity index (χ0) is 7.28. The van der Waals surface area contributed by atoms with Crippen LogP contribution >= 0.6 is 0 Å². The summed E-state index contributed by atoms with van der Waals surface area (Å²) in [6.07, 6.45) is 1.29. The van der Waals surface area contributed by atoms with Crippen LogP contribution in [0.2, 0.25) is 0 Å². The summed E-state index contributed by atoms with van der Waals surface area (Å²) < 4.78 is 0. The molecule has 0 aromatic rings. The quantitative estimate of drug-likeness (QED) is 0.612. The van der Waals surface area contributed by atoms with Crippen LogP contribution in [0, 0.1) is 5.92 Å². The van der Waals surface area contributed by atoms with Crippen LogP contribution in [-0.2, 0) is 0 Å². The summed E-state index contributed by atoms with van der Waals surface area (Å²) in [5.74, 6) is 0.819. The molecule has 0 saturated carbocycles. The van der Waals surface area contributed by atoms with Gasteiger partial charge in [0.25, 0.3) is 0 Å². The van der Waals surface area contributed by atoms with Crippen LogP contribution in [0.4, 0.5) is 0 Å². The Bertz CT molecular complexity index is 59.6. The van der Waals surface area contributed by atoms with Crippen molar-refractivity contribution in [2.24, 2.45) is 5.92 Å². The van der Waals surface area contributed by atoms with Gasteiger partial charge in [0, 0.05) is 6.04 Å². The van der Waals surface area contributed by atoms with Crippen molar-refractivity contribution in [3.63, 3.8) is 0 Å². The van der Waals surface area contributed by atoms with Crippen LogP contribution in [0.25, 0.3) is 0 Å². The highest BCUT2D eigenvalue weighted by Crippen LogP contribution is 2.02. The fourth-order valence-electron chi connectivity index (χ4n) is 1.14. The van der Waals surface area contributed by atoms with Crippen LogP contribution in [0.1, 0.15) is 34.1 Å². The summed E-state index contributed by atoms with van der Waals surface area (Å²) in [7, 11) is 0. The van der Waals surface area contributed by atoms with Gasteiger partial charge in [-0.05, 0) is 25.8 Å². The molecular weight excluding hydrogens is 110 g/mol. The molecule has 0 aromatic carbocycles. The Hall–Kier alpha value is -0.0400. The molecule has 0 aliphatic heterocycles. The van der Waals surface area contributed by atoms with E-state index in [-0.39, 0.29) is 0 Å². The number of hydrogen-bond acceptors (Lipinski definition) is 1. The van der Waals surface area contributed by atoms with Crippen LogP contribution in [0.5, 0.6) is 0 Å². The Labute approximate surface area is 58.8 Å². The third-order valence-electron chi connectivity index (χ3n) is 1.38. The Morgan fingerprint density at radius 1 is 1.22 bits per heavy atom. The summed E-state index contributed by atoms with van der Waals surface area (Å²) >= 11 is 0. The molecule has 0 aromatic heterocycles. The summed E-state index contributed by atoms with van der Waals surface area (Å²) in [6.45, 7) is 10.00. The summed E-state index contributed by atoms with van der Waals surface area (Å²) in [5, 5.41) is 3.38. The first-order valence-electron chi connectivity index (χ1n) is 3.90. The minimum Gasteiger partial charge on any atom is -0.315 e. The summed E-state index contributed by atoms with van der Waals surface area (Å²) in [5.41, 5.74) is 0. The van der Waals surface area contributed by atoms with Crippen molar-refractivity contribution >= 4 is 0 Å². The van der Waals surface area contributed by atoms with Crippen molar-refractivity contribution in [3.8, 4) is 0 Å². The molecule has 1 atom stereocenters. The Morgan fingerprint density at radius 2 is 1.78 bits per heavy atom. The van der Waals surface area contributed by atoms with E-state index in [2.05, 4.69) is 33.0 Å². The largest absolute Gasteiger partial charge is 0.315 e. The second-order valence-corrected chi connectivity index (χ2v) is 3.09. The first-order chi connectivity index (χ1) is 4.16. The first kappa shape index (κ1) is 8.96. The number of rotatable bonds is 4. The topological polar surface area (TPSA) is 12.0 Å². The second kappa shape index (κ2) is 4.80. The van der Waals surface area contributed by atoms with E-state index in [1.807, 2.05) is 0 Å². The van der Waals surface area contributed by atoms with E-state index in [1.165, 1.54) is 6.42 Å². The molecule has 0 heterocycles. The predicted octanol–water partition coefficient (Wildman–Crippen LogP) is 2.03. The molecule has 0 amide bonds. The van der Waals surface area contributed by atoms with Crippen molar-refractivity contribution in [2.75, 3.05) is 6.54 Å². The maximum Gasteiger partial charge on any atom is 0.00410 e. The molecule has 0 fully saturated rings. The monoisotopic (exact) mass is 129 g/mol. The van der Waals surface area contributed by atoms with Crippen molar-refractivity contribution in [1.29, 1.82) is 0 Å². The molecular formula is C8H19N. The normalized spacial score (nSPS) is 14.3. The lowest BCUT2D eigenvalue weighted by atomic mass is 10.1. The molecule has 0 radical (unpaired) electrons. The van der Waals surface area contributed by atoms with Gasteiger partial charge in [-0.2, -0.15) is 0 Å². The van der Waals surface area contributed by atoms with Gasteiger partial charge in [-0.3, -0.25) is 0 Å². The zero-order valence-corrected chi connectivity index (χ0v) is 7.07. The van der Waals surface area contributed by atoms with E-state index in [1.54, 1.807) is 0 Å². The van der Waals surface area contributed by atoms with Crippen molar-refractivity contribution in [3.05, 3.63) is 0 Å². The molecule has 0 aliphatic rings. The first-order valence-corrected chi connectivity index (χ1v) is 3.90. The van der Waals surface area contributed by atoms with Crippen molar-refractivity contribution in [1.82, 2.24) is 5.32 Å². The predicted molar refractivity (Wildman–Crippen MR) is 42.6 cm³/mol. The minimum absolute atomic E-state index is 0.690. The average Bonchev–Trinajstić information content (AvgIpc) is 1.63. The third-order valence-corrected chi connectivity index (χ3v) is 1.38. The molecule has 56 valence electrons. The van der Waals surface area contributed by atoms with E-state index >= 15 is 0 Å². The number of hydrogen-bond donors (Lipinski definition) is 1. The van der Waals surface area contributed by atoms with Gasteiger partial charge in [-0.15, -0.1) is 0 Å². The van der Waals surface area contributed by atoms with E-state index in [4.69, 9.17) is 0 Å². The maximum atomic E-state index is 3.38. The van der Waals surface area contributed by atoms with Gasteiger partial charge >= 0.3 is 0 Å². The highest BCUT2D eigenvalue weighted by Gasteiger charge is 2.00. The van der Waals surface area contributed by atoms with Gasteiger partial charge in [-0.1, -0.05) is 20.8 Å². The van der Waals surface area contributed by atoms with Gasteiger partial charge in [0.05, 0.1) is 0 Å². The summed E-state index contributed by atoms with van der Waals surface area (Å²) in [4.78, 5) is 0. The Morgan fingerprint density at radius 3 is 2.11 bits per heavy atom. The average molecular weight is 129 g/mol. The van der Waals surface area contributed by atoms with Gasteiger partial charge in [0.2, 0.25) is 0 Å². The minimum atomic E-state index is 0.690. The van der Waals surface area contributed by atoms with Crippen LogP contribution < -0.4 is 5.32 Å². The summed E-state index contributed by atoms with van der Waals surface area (Å²) in [6, 6.07) is 0.690. The molecule has 0 aliphatic carbocycles. The zero-order valence-electron chi connectivity index (χ0n) is 7.07. The van der Waals surface area contributed by atoms with Gasteiger partial charge in [-0.25, -0.2) is 0 Å². The molecule has 9 heavy (non-hydrogen) atoms. The lowest BCUT2D eigenvalue weighted by molar-refractivity contribution is 0.451. The fraction of sp³-hybridized carbons (Fsp3) is 1.00. The lowest BCUT2D eigenvalue weighted by Crippen LogP contribution is -2.26. The molecule has 1 N–H and O–H groups in total. The van der Waals surface area contributed by atoms with E-state index < -0.39 is 0 Å². The highest BCUT2D eigenvalue weighted by molar-refractivity contribution is 4.60.